The lowest BCUT2D eigenvalue weighted by molar-refractivity contribution is -0.117. The van der Waals surface area contributed by atoms with Crippen LogP contribution in [-0.2, 0) is 4.79 Å². The van der Waals surface area contributed by atoms with Crippen molar-refractivity contribution in [2.45, 2.75) is 40.0 Å². The van der Waals surface area contributed by atoms with Gasteiger partial charge >= 0.3 is 0 Å². The van der Waals surface area contributed by atoms with Crippen LogP contribution in [0.3, 0.4) is 0 Å². The monoisotopic (exact) mass is 167 g/mol. The average molecular weight is 167 g/mol. The zero-order valence-corrected chi connectivity index (χ0v) is 8.13. The number of rotatable bonds is 4. The van der Waals surface area contributed by atoms with E-state index in [1.54, 1.807) is 0 Å². The van der Waals surface area contributed by atoms with Crippen LogP contribution in [0, 0.1) is 0 Å². The van der Waals surface area contributed by atoms with Crippen molar-refractivity contribution in [3.8, 4) is 0 Å². The van der Waals surface area contributed by atoms with Crippen LogP contribution in [0.15, 0.2) is 17.1 Å². The molecule has 0 saturated heterocycles. The van der Waals surface area contributed by atoms with Gasteiger partial charge in [-0.15, -0.1) is 0 Å². The Bertz CT molecular complexity index is 192. The van der Waals surface area contributed by atoms with Gasteiger partial charge in [-0.2, -0.15) is 0 Å². The fraction of sp³-hybridized carbons (Fsp3) is 0.600. The molecule has 0 aliphatic carbocycles. The molecular weight excluding hydrogens is 150 g/mol. The third kappa shape index (κ3) is 4.83. The first-order chi connectivity index (χ1) is 5.74. The van der Waals surface area contributed by atoms with E-state index in [2.05, 4.69) is 11.9 Å². The van der Waals surface area contributed by atoms with Crippen LogP contribution in [0.2, 0.25) is 0 Å². The molecule has 0 saturated carbocycles. The van der Waals surface area contributed by atoms with E-state index in [1.807, 2.05) is 26.0 Å². The van der Waals surface area contributed by atoms with Gasteiger partial charge < -0.3 is 0 Å². The Balaban J connectivity index is 4.26. The van der Waals surface area contributed by atoms with Gasteiger partial charge in [-0.1, -0.05) is 26.3 Å². The minimum atomic E-state index is -0.0310. The molecule has 68 valence electrons. The standard InChI is InChI=1S/C10H17NO/c1-4-7-9(8-5-2)11-10(12)6-3/h4,7H,5-6,8H2,1-3H3/b7-4+,11-9+. The van der Waals surface area contributed by atoms with Crippen LogP contribution in [0.1, 0.15) is 40.0 Å². The normalized spacial score (nSPS) is 12.4. The fourth-order valence-corrected chi connectivity index (χ4v) is 0.864. The van der Waals surface area contributed by atoms with Crippen molar-refractivity contribution in [1.29, 1.82) is 0 Å². The largest absolute Gasteiger partial charge is 0.273 e. The lowest BCUT2D eigenvalue weighted by atomic mass is 10.2. The molecule has 0 aliphatic rings. The Hall–Kier alpha value is -0.920. The summed E-state index contributed by atoms with van der Waals surface area (Å²) in [5, 5.41) is 0. The highest BCUT2D eigenvalue weighted by Gasteiger charge is 1.96. The van der Waals surface area contributed by atoms with Crippen LogP contribution >= 0.6 is 0 Å². The van der Waals surface area contributed by atoms with Gasteiger partial charge in [0.05, 0.1) is 0 Å². The van der Waals surface area contributed by atoms with Crippen molar-refractivity contribution in [3.05, 3.63) is 12.2 Å². The van der Waals surface area contributed by atoms with Gasteiger partial charge in [0.15, 0.2) is 0 Å². The third-order valence-corrected chi connectivity index (χ3v) is 1.44. The Morgan fingerprint density at radius 2 is 2.08 bits per heavy atom. The maximum atomic E-state index is 11.0. The number of amides is 1. The predicted molar refractivity (Wildman–Crippen MR) is 52.5 cm³/mol. The number of hydrogen-bond donors (Lipinski definition) is 0. The number of carbonyl (C=O) groups excluding carboxylic acids is 1. The van der Waals surface area contributed by atoms with Crippen LogP contribution in [-0.4, -0.2) is 11.6 Å². The molecule has 2 heteroatoms. The van der Waals surface area contributed by atoms with Crippen molar-refractivity contribution in [2.75, 3.05) is 0 Å². The van der Waals surface area contributed by atoms with Crippen LogP contribution in [0.4, 0.5) is 0 Å². The van der Waals surface area contributed by atoms with E-state index >= 15 is 0 Å². The van der Waals surface area contributed by atoms with Gasteiger partial charge in [-0.05, 0) is 19.4 Å². The number of hydrogen-bond acceptors (Lipinski definition) is 1. The van der Waals surface area contributed by atoms with Gasteiger partial charge in [0.1, 0.15) is 0 Å². The second-order valence-corrected chi connectivity index (χ2v) is 2.60. The first-order valence-electron chi connectivity index (χ1n) is 4.47. The fourth-order valence-electron chi connectivity index (χ4n) is 0.864. The van der Waals surface area contributed by atoms with Crippen molar-refractivity contribution in [3.63, 3.8) is 0 Å². The second kappa shape index (κ2) is 6.77. The molecule has 0 aromatic rings. The quantitative estimate of drug-likeness (QED) is 0.592. The van der Waals surface area contributed by atoms with Gasteiger partial charge in [0.2, 0.25) is 5.91 Å². The SMILES string of the molecule is C/C=C/C(CCC)=N\C(=O)CC. The maximum absolute atomic E-state index is 11.0. The van der Waals surface area contributed by atoms with Gasteiger partial charge in [0, 0.05) is 12.1 Å². The van der Waals surface area contributed by atoms with Crippen LogP contribution in [0.25, 0.3) is 0 Å². The first kappa shape index (κ1) is 11.1. The summed E-state index contributed by atoms with van der Waals surface area (Å²) in [6.07, 6.45) is 6.22. The van der Waals surface area contributed by atoms with E-state index in [0.717, 1.165) is 18.6 Å². The van der Waals surface area contributed by atoms with E-state index in [0.29, 0.717) is 6.42 Å². The molecule has 2 nitrogen and oxygen atoms in total. The third-order valence-electron chi connectivity index (χ3n) is 1.44. The summed E-state index contributed by atoms with van der Waals surface area (Å²) in [7, 11) is 0. The molecule has 0 fully saturated rings. The average Bonchev–Trinajstić information content (AvgIpc) is 2.05. The minimum Gasteiger partial charge on any atom is -0.273 e. The molecule has 0 radical (unpaired) electrons. The van der Waals surface area contributed by atoms with Crippen molar-refractivity contribution in [2.24, 2.45) is 4.99 Å². The summed E-state index contributed by atoms with van der Waals surface area (Å²) in [4.78, 5) is 14.9. The summed E-state index contributed by atoms with van der Waals surface area (Å²) in [6, 6.07) is 0. The van der Waals surface area contributed by atoms with E-state index in [-0.39, 0.29) is 5.91 Å². The lowest BCUT2D eigenvalue weighted by Gasteiger charge is -1.96. The Morgan fingerprint density at radius 3 is 2.50 bits per heavy atom. The van der Waals surface area contributed by atoms with Gasteiger partial charge in [-0.3, -0.25) is 4.79 Å². The summed E-state index contributed by atoms with van der Waals surface area (Å²) >= 11 is 0. The zero-order valence-electron chi connectivity index (χ0n) is 8.13. The predicted octanol–water partition coefficient (Wildman–Crippen LogP) is 2.74. The molecule has 0 bridgehead atoms. The second-order valence-electron chi connectivity index (χ2n) is 2.60. The molecule has 0 unspecified atom stereocenters. The van der Waals surface area contributed by atoms with E-state index in [9.17, 15) is 4.79 Å². The molecule has 0 spiro atoms. The highest BCUT2D eigenvalue weighted by Crippen LogP contribution is 1.96. The number of carbonyl (C=O) groups is 1. The Kier molecular flexibility index (Phi) is 6.25. The number of allylic oxidation sites excluding steroid dienone is 2. The van der Waals surface area contributed by atoms with E-state index in [1.165, 1.54) is 0 Å². The van der Waals surface area contributed by atoms with Crippen LogP contribution < -0.4 is 0 Å². The van der Waals surface area contributed by atoms with Gasteiger partial charge in [-0.25, -0.2) is 4.99 Å². The molecule has 12 heavy (non-hydrogen) atoms. The Morgan fingerprint density at radius 1 is 1.42 bits per heavy atom. The maximum Gasteiger partial charge on any atom is 0.245 e. The zero-order chi connectivity index (χ0) is 9.40. The summed E-state index contributed by atoms with van der Waals surface area (Å²) in [5.74, 6) is -0.0310. The van der Waals surface area contributed by atoms with Crippen LogP contribution in [0.5, 0.6) is 0 Å². The number of aliphatic imine (C=N–C) groups is 1. The molecule has 0 rings (SSSR count). The Labute approximate surface area is 74.4 Å². The molecule has 0 atom stereocenters. The summed E-state index contributed by atoms with van der Waals surface area (Å²) in [5.41, 5.74) is 0.895. The van der Waals surface area contributed by atoms with Gasteiger partial charge in [0.25, 0.3) is 0 Å². The summed E-state index contributed by atoms with van der Waals surface area (Å²) < 4.78 is 0. The van der Waals surface area contributed by atoms with Crippen molar-refractivity contribution < 1.29 is 4.79 Å². The van der Waals surface area contributed by atoms with E-state index in [4.69, 9.17) is 0 Å². The topological polar surface area (TPSA) is 29.4 Å². The molecule has 0 N–H and O–H groups in total. The first-order valence-corrected chi connectivity index (χ1v) is 4.47. The lowest BCUT2D eigenvalue weighted by Crippen LogP contribution is -1.99. The molecular formula is C10H17NO. The summed E-state index contributed by atoms with van der Waals surface area (Å²) in [6.45, 7) is 5.84. The smallest absolute Gasteiger partial charge is 0.245 e. The molecule has 1 amide bonds. The molecule has 0 aromatic heterocycles. The molecule has 0 aliphatic heterocycles. The number of nitrogens with zero attached hydrogens (tertiary/aromatic N) is 1. The highest BCUT2D eigenvalue weighted by molar-refractivity contribution is 6.02. The molecule has 0 aromatic carbocycles. The van der Waals surface area contributed by atoms with Crippen molar-refractivity contribution >= 4 is 11.6 Å². The minimum absolute atomic E-state index is 0.0310. The molecule has 0 heterocycles. The van der Waals surface area contributed by atoms with Crippen molar-refractivity contribution in [1.82, 2.24) is 0 Å². The highest BCUT2D eigenvalue weighted by atomic mass is 16.1. The van der Waals surface area contributed by atoms with E-state index < -0.39 is 0 Å².